The number of carbonyl (C=O) groups is 2. The van der Waals surface area contributed by atoms with Gasteiger partial charge in [-0.3, -0.25) is 9.69 Å². The Morgan fingerprint density at radius 1 is 1.12 bits per heavy atom. The van der Waals surface area contributed by atoms with E-state index in [4.69, 9.17) is 4.74 Å². The Kier molecular flexibility index (Phi) is 8.03. The molecule has 3 heterocycles. The van der Waals surface area contributed by atoms with Crippen LogP contribution in [0, 0.1) is 0 Å². The van der Waals surface area contributed by atoms with Gasteiger partial charge in [-0.15, -0.1) is 11.3 Å². The third kappa shape index (κ3) is 5.69. The van der Waals surface area contributed by atoms with Crippen molar-refractivity contribution in [2.45, 2.75) is 45.8 Å². The minimum absolute atomic E-state index is 0.0839. The largest absolute Gasteiger partial charge is 0.466 e. The molecule has 0 saturated carbocycles. The van der Waals surface area contributed by atoms with Crippen LogP contribution in [0.2, 0.25) is 0 Å². The number of hydrogen-bond acceptors (Lipinski definition) is 5. The Morgan fingerprint density at radius 2 is 1.88 bits per heavy atom. The fourth-order valence-electron chi connectivity index (χ4n) is 4.34. The van der Waals surface area contributed by atoms with Crippen LogP contribution in [0.1, 0.15) is 47.9 Å². The molecular formula is C26H32N4O3S. The molecular weight excluding hydrogens is 448 g/mol. The number of amides is 2. The Hall–Kier alpha value is -3.10. The zero-order valence-corrected chi connectivity index (χ0v) is 20.6. The Labute approximate surface area is 204 Å². The van der Waals surface area contributed by atoms with E-state index in [0.717, 1.165) is 36.6 Å². The quantitative estimate of drug-likeness (QED) is 0.445. The fraction of sp³-hybridized carbons (Fsp3) is 0.385. The summed E-state index contributed by atoms with van der Waals surface area (Å²) in [6.07, 6.45) is 5.15. The number of fused-ring (bicyclic) bond motifs is 1. The van der Waals surface area contributed by atoms with E-state index in [2.05, 4.69) is 27.0 Å². The highest BCUT2D eigenvalue weighted by Crippen LogP contribution is 2.35. The van der Waals surface area contributed by atoms with Gasteiger partial charge in [-0.25, -0.2) is 4.79 Å². The molecule has 34 heavy (non-hydrogen) atoms. The van der Waals surface area contributed by atoms with E-state index in [1.807, 2.05) is 54.9 Å². The summed E-state index contributed by atoms with van der Waals surface area (Å²) in [5.74, 6) is -0.334. The predicted molar refractivity (Wildman–Crippen MR) is 134 cm³/mol. The van der Waals surface area contributed by atoms with Crippen LogP contribution in [-0.2, 0) is 29.0 Å². The molecule has 0 saturated heterocycles. The SMILES string of the molecule is CCOC(=O)C[C@H](NC(=O)NCc1c(-n2cccc2)sc2c1CCN(CC)C2)c1ccccc1. The molecule has 8 heteroatoms. The van der Waals surface area contributed by atoms with Crippen molar-refractivity contribution in [3.8, 4) is 5.00 Å². The number of carbonyl (C=O) groups excluding carboxylic acids is 2. The van der Waals surface area contributed by atoms with Crippen molar-refractivity contribution in [1.82, 2.24) is 20.1 Å². The average Bonchev–Trinajstić information content (AvgIpc) is 3.50. The fourth-order valence-corrected chi connectivity index (χ4v) is 5.71. The van der Waals surface area contributed by atoms with Crippen LogP contribution >= 0.6 is 11.3 Å². The molecule has 1 aliphatic heterocycles. The summed E-state index contributed by atoms with van der Waals surface area (Å²) in [6, 6.07) is 12.8. The minimum Gasteiger partial charge on any atom is -0.466 e. The number of nitrogens with zero attached hydrogens (tertiary/aromatic N) is 2. The summed E-state index contributed by atoms with van der Waals surface area (Å²) in [5.41, 5.74) is 3.39. The van der Waals surface area contributed by atoms with Gasteiger partial charge in [0.2, 0.25) is 0 Å². The number of ether oxygens (including phenoxy) is 1. The number of thiophene rings is 1. The zero-order valence-electron chi connectivity index (χ0n) is 19.8. The number of nitrogens with one attached hydrogen (secondary N) is 2. The van der Waals surface area contributed by atoms with E-state index in [1.54, 1.807) is 18.3 Å². The lowest BCUT2D eigenvalue weighted by Crippen LogP contribution is -2.39. The molecule has 0 fully saturated rings. The van der Waals surface area contributed by atoms with E-state index in [0.29, 0.717) is 13.2 Å². The molecule has 180 valence electrons. The number of benzene rings is 1. The predicted octanol–water partition coefficient (Wildman–Crippen LogP) is 4.41. The molecule has 2 aromatic heterocycles. The second-order valence-electron chi connectivity index (χ2n) is 8.30. The lowest BCUT2D eigenvalue weighted by Gasteiger charge is -2.25. The standard InChI is InChI=1S/C26H32N4O3S/c1-3-29-15-12-20-21(25(34-23(20)18-29)30-13-8-9-14-30)17-27-26(32)28-22(16-24(31)33-4-2)19-10-6-5-7-11-19/h5-11,13-14,22H,3-4,12,15-18H2,1-2H3,(H2,27,28,32)/t22-/m0/s1. The Morgan fingerprint density at radius 3 is 2.59 bits per heavy atom. The van der Waals surface area contributed by atoms with Crippen LogP contribution < -0.4 is 10.6 Å². The molecule has 2 amide bonds. The normalized spacial score (nSPS) is 14.3. The first-order chi connectivity index (χ1) is 16.6. The lowest BCUT2D eigenvalue weighted by molar-refractivity contribution is -0.143. The van der Waals surface area contributed by atoms with Crippen LogP contribution in [0.4, 0.5) is 4.79 Å². The third-order valence-electron chi connectivity index (χ3n) is 6.12. The van der Waals surface area contributed by atoms with Gasteiger partial charge >= 0.3 is 12.0 Å². The molecule has 4 rings (SSSR count). The number of esters is 1. The van der Waals surface area contributed by atoms with Crippen LogP contribution in [-0.4, -0.2) is 41.2 Å². The van der Waals surface area contributed by atoms with Crippen LogP contribution in [0.3, 0.4) is 0 Å². The molecule has 0 bridgehead atoms. The highest BCUT2D eigenvalue weighted by Gasteiger charge is 2.25. The number of urea groups is 1. The second-order valence-corrected chi connectivity index (χ2v) is 9.38. The molecule has 1 aromatic carbocycles. The van der Waals surface area contributed by atoms with Gasteiger partial charge in [-0.1, -0.05) is 37.3 Å². The van der Waals surface area contributed by atoms with Crippen molar-refractivity contribution in [3.05, 3.63) is 76.4 Å². The van der Waals surface area contributed by atoms with Gasteiger partial charge in [-0.2, -0.15) is 0 Å². The summed E-state index contributed by atoms with van der Waals surface area (Å²) < 4.78 is 7.24. The first-order valence-electron chi connectivity index (χ1n) is 11.8. The molecule has 2 N–H and O–H groups in total. The molecule has 0 unspecified atom stereocenters. The molecule has 1 aliphatic rings. The zero-order chi connectivity index (χ0) is 23.9. The highest BCUT2D eigenvalue weighted by atomic mass is 32.1. The minimum atomic E-state index is -0.460. The van der Waals surface area contributed by atoms with E-state index in [-0.39, 0.29) is 18.4 Å². The Balaban J connectivity index is 1.49. The van der Waals surface area contributed by atoms with Crippen molar-refractivity contribution < 1.29 is 14.3 Å². The summed E-state index contributed by atoms with van der Waals surface area (Å²) in [7, 11) is 0. The number of hydrogen-bond donors (Lipinski definition) is 2. The molecule has 3 aromatic rings. The maximum Gasteiger partial charge on any atom is 0.315 e. The van der Waals surface area contributed by atoms with E-state index in [1.165, 1.54) is 16.0 Å². The van der Waals surface area contributed by atoms with E-state index >= 15 is 0 Å². The van der Waals surface area contributed by atoms with Gasteiger partial charge in [0, 0.05) is 42.5 Å². The van der Waals surface area contributed by atoms with Crippen LogP contribution in [0.5, 0.6) is 0 Å². The van der Waals surface area contributed by atoms with Gasteiger partial charge in [0.25, 0.3) is 0 Å². The number of aromatic nitrogens is 1. The van der Waals surface area contributed by atoms with Crippen molar-refractivity contribution in [2.24, 2.45) is 0 Å². The van der Waals surface area contributed by atoms with E-state index < -0.39 is 6.04 Å². The molecule has 1 atom stereocenters. The summed E-state index contributed by atoms with van der Waals surface area (Å²) in [6.45, 7) is 7.73. The monoisotopic (exact) mass is 480 g/mol. The van der Waals surface area contributed by atoms with Crippen molar-refractivity contribution in [2.75, 3.05) is 19.7 Å². The van der Waals surface area contributed by atoms with Crippen molar-refractivity contribution >= 4 is 23.3 Å². The second kappa shape index (κ2) is 11.4. The number of likely N-dealkylation sites (N-methyl/N-ethyl adjacent to an activating group) is 1. The molecule has 7 nitrogen and oxygen atoms in total. The first-order valence-corrected chi connectivity index (χ1v) is 12.6. The van der Waals surface area contributed by atoms with Gasteiger partial charge in [-0.05, 0) is 43.1 Å². The topological polar surface area (TPSA) is 75.6 Å². The Bertz CT molecular complexity index is 1090. The first kappa shape index (κ1) is 24.0. The molecule has 0 radical (unpaired) electrons. The lowest BCUT2D eigenvalue weighted by atomic mass is 10.0. The molecule has 0 aliphatic carbocycles. The van der Waals surface area contributed by atoms with Gasteiger partial charge in [0.15, 0.2) is 0 Å². The van der Waals surface area contributed by atoms with Crippen LogP contribution in [0.25, 0.3) is 5.00 Å². The van der Waals surface area contributed by atoms with Gasteiger partial charge in [0.05, 0.1) is 19.1 Å². The van der Waals surface area contributed by atoms with Gasteiger partial charge in [0.1, 0.15) is 5.00 Å². The van der Waals surface area contributed by atoms with Crippen LogP contribution in [0.15, 0.2) is 54.9 Å². The third-order valence-corrected chi connectivity index (χ3v) is 7.39. The maximum atomic E-state index is 12.9. The maximum absolute atomic E-state index is 12.9. The average molecular weight is 481 g/mol. The van der Waals surface area contributed by atoms with Gasteiger partial charge < -0.3 is 19.9 Å². The van der Waals surface area contributed by atoms with E-state index in [9.17, 15) is 9.59 Å². The summed E-state index contributed by atoms with van der Waals surface area (Å²) >= 11 is 1.80. The summed E-state index contributed by atoms with van der Waals surface area (Å²) in [4.78, 5) is 28.9. The summed E-state index contributed by atoms with van der Waals surface area (Å²) in [5, 5.41) is 7.17. The molecule has 0 spiro atoms. The van der Waals surface area contributed by atoms with Crippen molar-refractivity contribution in [3.63, 3.8) is 0 Å². The highest BCUT2D eigenvalue weighted by molar-refractivity contribution is 7.14. The van der Waals surface area contributed by atoms with Crippen molar-refractivity contribution in [1.29, 1.82) is 0 Å². The smallest absolute Gasteiger partial charge is 0.315 e. The number of rotatable bonds is 9.